The van der Waals surface area contributed by atoms with Crippen LogP contribution in [0.5, 0.6) is 5.75 Å². The van der Waals surface area contributed by atoms with E-state index in [-0.39, 0.29) is 0 Å². The van der Waals surface area contributed by atoms with Crippen LogP contribution in [0.15, 0.2) is 22.7 Å². The minimum Gasteiger partial charge on any atom is -0.491 e. The number of hydrogen-bond acceptors (Lipinski definition) is 2. The van der Waals surface area contributed by atoms with Crippen LogP contribution in [0.2, 0.25) is 5.02 Å². The van der Waals surface area contributed by atoms with Crippen LogP contribution in [0.25, 0.3) is 0 Å². The zero-order valence-electron chi connectivity index (χ0n) is 6.76. The molecule has 0 heterocycles. The Morgan fingerprint density at radius 1 is 1.54 bits per heavy atom. The van der Waals surface area contributed by atoms with E-state index < -0.39 is 0 Å². The second-order valence-electron chi connectivity index (χ2n) is 2.33. The van der Waals surface area contributed by atoms with Gasteiger partial charge in [-0.3, -0.25) is 0 Å². The summed E-state index contributed by atoms with van der Waals surface area (Å²) in [5.74, 6) is 0.708. The third kappa shape index (κ3) is 3.25. The van der Waals surface area contributed by atoms with E-state index in [1.807, 2.05) is 6.07 Å². The van der Waals surface area contributed by atoms with E-state index in [0.29, 0.717) is 23.8 Å². The van der Waals surface area contributed by atoms with E-state index in [1.165, 1.54) is 0 Å². The summed E-state index contributed by atoms with van der Waals surface area (Å²) in [6.45, 7) is 0.400. The Kier molecular flexibility index (Phi) is 4.07. The lowest BCUT2D eigenvalue weighted by Gasteiger charge is -2.05. The zero-order valence-corrected chi connectivity index (χ0v) is 9.10. The molecule has 0 bridgehead atoms. The van der Waals surface area contributed by atoms with Crippen molar-refractivity contribution in [2.24, 2.45) is 0 Å². The number of nitriles is 1. The van der Waals surface area contributed by atoms with Gasteiger partial charge in [0.25, 0.3) is 0 Å². The maximum absolute atomic E-state index is 8.29. The SMILES string of the molecule is N#CCCOc1ccc(Cl)cc1Br. The van der Waals surface area contributed by atoms with Gasteiger partial charge in [-0.25, -0.2) is 0 Å². The number of nitrogens with zero attached hydrogens (tertiary/aromatic N) is 1. The minimum absolute atomic E-state index is 0.384. The molecule has 0 radical (unpaired) electrons. The molecular formula is C9H7BrClNO. The first-order valence-electron chi connectivity index (χ1n) is 3.69. The van der Waals surface area contributed by atoms with Gasteiger partial charge in [-0.15, -0.1) is 0 Å². The van der Waals surface area contributed by atoms with Gasteiger partial charge in [-0.1, -0.05) is 11.6 Å². The average molecular weight is 261 g/mol. The Balaban J connectivity index is 2.62. The van der Waals surface area contributed by atoms with Crippen molar-refractivity contribution in [2.75, 3.05) is 6.61 Å². The first-order valence-corrected chi connectivity index (χ1v) is 4.86. The molecule has 0 aliphatic heterocycles. The maximum atomic E-state index is 8.29. The molecule has 13 heavy (non-hydrogen) atoms. The fourth-order valence-electron chi connectivity index (χ4n) is 0.799. The minimum atomic E-state index is 0.384. The molecule has 1 aromatic carbocycles. The highest BCUT2D eigenvalue weighted by Crippen LogP contribution is 2.27. The molecule has 1 aromatic rings. The maximum Gasteiger partial charge on any atom is 0.133 e. The average Bonchev–Trinajstić information content (AvgIpc) is 2.09. The van der Waals surface area contributed by atoms with Crippen LogP contribution in [-0.2, 0) is 0 Å². The molecule has 2 nitrogen and oxygen atoms in total. The molecule has 0 fully saturated rings. The highest BCUT2D eigenvalue weighted by atomic mass is 79.9. The predicted octanol–water partition coefficient (Wildman–Crippen LogP) is 3.39. The van der Waals surface area contributed by atoms with Crippen molar-refractivity contribution in [2.45, 2.75) is 6.42 Å². The van der Waals surface area contributed by atoms with Gasteiger partial charge in [0.05, 0.1) is 17.0 Å². The van der Waals surface area contributed by atoms with E-state index in [1.54, 1.807) is 18.2 Å². The van der Waals surface area contributed by atoms with Crippen molar-refractivity contribution >= 4 is 27.5 Å². The van der Waals surface area contributed by atoms with Crippen molar-refractivity contribution < 1.29 is 4.74 Å². The van der Waals surface area contributed by atoms with Crippen LogP contribution in [0.4, 0.5) is 0 Å². The number of halogens is 2. The van der Waals surface area contributed by atoms with E-state index in [2.05, 4.69) is 15.9 Å². The molecule has 0 atom stereocenters. The molecule has 0 N–H and O–H groups in total. The lowest BCUT2D eigenvalue weighted by atomic mass is 10.3. The van der Waals surface area contributed by atoms with E-state index in [9.17, 15) is 0 Å². The molecule has 0 aliphatic carbocycles. The summed E-state index contributed by atoms with van der Waals surface area (Å²) < 4.78 is 6.11. The van der Waals surface area contributed by atoms with Gasteiger partial charge in [0.1, 0.15) is 12.4 Å². The highest BCUT2D eigenvalue weighted by Gasteiger charge is 2.00. The van der Waals surface area contributed by atoms with Crippen molar-refractivity contribution in [3.63, 3.8) is 0 Å². The van der Waals surface area contributed by atoms with Crippen LogP contribution < -0.4 is 4.74 Å². The second kappa shape index (κ2) is 5.11. The van der Waals surface area contributed by atoms with E-state index in [4.69, 9.17) is 21.6 Å². The van der Waals surface area contributed by atoms with Gasteiger partial charge in [0.15, 0.2) is 0 Å². The molecule has 0 amide bonds. The Labute approximate surface area is 90.2 Å². The topological polar surface area (TPSA) is 33.0 Å². The Bertz CT molecular complexity index is 335. The normalized spacial score (nSPS) is 9.31. The monoisotopic (exact) mass is 259 g/mol. The standard InChI is InChI=1S/C9H7BrClNO/c10-8-6-7(11)2-3-9(8)13-5-1-4-12/h2-3,6H,1,5H2. The zero-order chi connectivity index (χ0) is 9.68. The Morgan fingerprint density at radius 3 is 2.92 bits per heavy atom. The summed E-state index contributed by atoms with van der Waals surface area (Å²) in [7, 11) is 0. The number of benzene rings is 1. The summed E-state index contributed by atoms with van der Waals surface area (Å²) >= 11 is 9.05. The molecule has 0 saturated carbocycles. The summed E-state index contributed by atoms with van der Waals surface area (Å²) in [6, 6.07) is 7.27. The fraction of sp³-hybridized carbons (Fsp3) is 0.222. The number of ether oxygens (including phenoxy) is 1. The molecule has 0 aliphatic rings. The van der Waals surface area contributed by atoms with Gasteiger partial charge >= 0.3 is 0 Å². The van der Waals surface area contributed by atoms with Gasteiger partial charge in [0.2, 0.25) is 0 Å². The van der Waals surface area contributed by atoms with Gasteiger partial charge < -0.3 is 4.74 Å². The summed E-state index contributed by atoms with van der Waals surface area (Å²) in [4.78, 5) is 0. The largest absolute Gasteiger partial charge is 0.491 e. The van der Waals surface area contributed by atoms with Crippen molar-refractivity contribution in [3.05, 3.63) is 27.7 Å². The summed E-state index contributed by atoms with van der Waals surface area (Å²) in [5, 5.41) is 8.95. The first-order chi connectivity index (χ1) is 6.24. The van der Waals surface area contributed by atoms with E-state index in [0.717, 1.165) is 4.47 Å². The highest BCUT2D eigenvalue weighted by molar-refractivity contribution is 9.10. The molecule has 4 heteroatoms. The van der Waals surface area contributed by atoms with Gasteiger partial charge in [-0.2, -0.15) is 5.26 Å². The molecular weight excluding hydrogens is 253 g/mol. The summed E-state index contributed by atoms with van der Waals surface area (Å²) in [5.41, 5.74) is 0. The third-order valence-corrected chi connectivity index (χ3v) is 2.22. The van der Waals surface area contributed by atoms with Crippen LogP contribution in [0.1, 0.15) is 6.42 Å². The number of hydrogen-bond donors (Lipinski definition) is 0. The van der Waals surface area contributed by atoms with Crippen molar-refractivity contribution in [3.8, 4) is 11.8 Å². The van der Waals surface area contributed by atoms with Crippen LogP contribution in [0.3, 0.4) is 0 Å². The van der Waals surface area contributed by atoms with Crippen molar-refractivity contribution in [1.82, 2.24) is 0 Å². The molecule has 0 aromatic heterocycles. The van der Waals surface area contributed by atoms with E-state index >= 15 is 0 Å². The quantitative estimate of drug-likeness (QED) is 0.781. The molecule has 68 valence electrons. The van der Waals surface area contributed by atoms with Gasteiger partial charge in [0, 0.05) is 5.02 Å². The fourth-order valence-corrected chi connectivity index (χ4v) is 1.60. The summed E-state index contributed by atoms with van der Waals surface area (Å²) in [6.07, 6.45) is 0.384. The molecule has 0 unspecified atom stereocenters. The Morgan fingerprint density at radius 2 is 2.31 bits per heavy atom. The van der Waals surface area contributed by atoms with Crippen LogP contribution in [-0.4, -0.2) is 6.61 Å². The molecule has 1 rings (SSSR count). The van der Waals surface area contributed by atoms with Crippen molar-refractivity contribution in [1.29, 1.82) is 5.26 Å². The first kappa shape index (κ1) is 10.4. The van der Waals surface area contributed by atoms with Crippen LogP contribution >= 0.6 is 27.5 Å². The molecule has 0 spiro atoms. The smallest absolute Gasteiger partial charge is 0.133 e. The van der Waals surface area contributed by atoms with Crippen LogP contribution in [0, 0.1) is 11.3 Å². The second-order valence-corrected chi connectivity index (χ2v) is 3.62. The lowest BCUT2D eigenvalue weighted by Crippen LogP contribution is -1.96. The Hall–Kier alpha value is -0.720. The molecule has 0 saturated heterocycles. The lowest BCUT2D eigenvalue weighted by molar-refractivity contribution is 0.324. The van der Waals surface area contributed by atoms with Gasteiger partial charge in [-0.05, 0) is 34.1 Å². The number of rotatable bonds is 3. The third-order valence-electron chi connectivity index (χ3n) is 1.37. The predicted molar refractivity (Wildman–Crippen MR) is 54.9 cm³/mol.